The highest BCUT2D eigenvalue weighted by Crippen LogP contribution is 2.41. The van der Waals surface area contributed by atoms with E-state index in [4.69, 9.17) is 37.4 Å². The number of ether oxygens (including phenoxy) is 3. The first-order chi connectivity index (χ1) is 21.2. The van der Waals surface area contributed by atoms with Gasteiger partial charge in [0.2, 0.25) is 11.7 Å². The lowest BCUT2D eigenvalue weighted by Crippen LogP contribution is -2.34. The Morgan fingerprint density at radius 1 is 1.11 bits per heavy atom. The van der Waals surface area contributed by atoms with Crippen LogP contribution >= 0.6 is 35.0 Å². The Morgan fingerprint density at radius 2 is 1.89 bits per heavy atom. The first-order valence-electron chi connectivity index (χ1n) is 12.8. The molecule has 1 fully saturated rings. The molecule has 15 nitrogen and oxygen atoms in total. The van der Waals surface area contributed by atoms with E-state index in [9.17, 15) is 20.2 Å². The lowest BCUT2D eigenvalue weighted by molar-refractivity contribution is -0.722. The van der Waals surface area contributed by atoms with E-state index in [1.807, 2.05) is 11.5 Å². The predicted octanol–water partition coefficient (Wildman–Crippen LogP) is 5.25. The van der Waals surface area contributed by atoms with Crippen molar-refractivity contribution in [1.29, 1.82) is 0 Å². The van der Waals surface area contributed by atoms with E-state index < -0.39 is 33.7 Å². The average Bonchev–Trinajstić information content (AvgIpc) is 3.64. The zero-order valence-electron chi connectivity index (χ0n) is 22.7. The monoisotopic (exact) mass is 664 g/mol. The van der Waals surface area contributed by atoms with E-state index in [-0.39, 0.29) is 30.6 Å². The number of hydrogen-bond donors (Lipinski definition) is 0. The number of imidazole rings is 1. The summed E-state index contributed by atoms with van der Waals surface area (Å²) in [6.45, 7) is 2.40. The summed E-state index contributed by atoms with van der Waals surface area (Å²) in [6, 6.07) is 11.4. The first kappa shape index (κ1) is 31.2. The minimum Gasteiger partial charge on any atom is -0.491 e. The predicted molar refractivity (Wildman–Crippen MR) is 156 cm³/mol. The summed E-state index contributed by atoms with van der Waals surface area (Å²) in [5.41, 5.74) is 0.857. The molecule has 0 N–H and O–H groups in total. The Balaban J connectivity index is 1.34. The van der Waals surface area contributed by atoms with Gasteiger partial charge in [-0.05, 0) is 42.2 Å². The molecule has 1 aliphatic rings. The molecule has 0 amide bonds. The fraction of sp³-hybridized carbons (Fsp3) is 0.269. The van der Waals surface area contributed by atoms with Gasteiger partial charge in [-0.2, -0.15) is 4.98 Å². The van der Waals surface area contributed by atoms with E-state index >= 15 is 0 Å². The molecule has 0 bridgehead atoms. The van der Waals surface area contributed by atoms with Gasteiger partial charge in [-0.1, -0.05) is 48.0 Å². The lowest BCUT2D eigenvalue weighted by atomic mass is 10.1. The van der Waals surface area contributed by atoms with Crippen LogP contribution in [0.15, 0.2) is 66.3 Å². The van der Waals surface area contributed by atoms with Crippen LogP contribution in [-0.2, 0) is 21.8 Å². The zero-order valence-corrected chi connectivity index (χ0v) is 25.0. The highest BCUT2D eigenvalue weighted by atomic mass is 35.5. The van der Waals surface area contributed by atoms with Crippen molar-refractivity contribution in [2.24, 2.45) is 0 Å². The van der Waals surface area contributed by atoms with Crippen LogP contribution in [0.5, 0.6) is 17.4 Å². The minimum absolute atomic E-state index is 0.0762. The molecule has 0 spiro atoms. The molecule has 0 saturated carbocycles. The minimum atomic E-state index is -1.22. The molecule has 1 aliphatic heterocycles. The van der Waals surface area contributed by atoms with E-state index in [0.717, 1.165) is 11.8 Å². The van der Waals surface area contributed by atoms with Gasteiger partial charge >= 0.3 is 5.09 Å². The number of thioether (sulfide) groups is 1. The number of halogens is 2. The molecule has 18 heteroatoms. The highest BCUT2D eigenvalue weighted by molar-refractivity contribution is 7.99. The van der Waals surface area contributed by atoms with Crippen molar-refractivity contribution in [3.05, 3.63) is 97.0 Å². The van der Waals surface area contributed by atoms with Crippen LogP contribution in [0.1, 0.15) is 12.5 Å². The maximum atomic E-state index is 11.2. The molecule has 2 atom stereocenters. The second-order valence-corrected chi connectivity index (χ2v) is 11.1. The van der Waals surface area contributed by atoms with Crippen LogP contribution in [0, 0.1) is 20.2 Å². The molecule has 0 radical (unpaired) electrons. The number of benzene rings is 2. The van der Waals surface area contributed by atoms with Crippen LogP contribution in [0.3, 0.4) is 0 Å². The van der Waals surface area contributed by atoms with Crippen LogP contribution in [-0.4, -0.2) is 54.8 Å². The van der Waals surface area contributed by atoms with Crippen molar-refractivity contribution < 1.29 is 34.1 Å². The smallest absolute Gasteiger partial charge is 0.301 e. The number of aromatic nitrogens is 4. The lowest BCUT2D eigenvalue weighted by Gasteiger charge is -2.30. The summed E-state index contributed by atoms with van der Waals surface area (Å²) in [5.74, 6) is -1.58. The second-order valence-electron chi connectivity index (χ2n) is 9.05. The van der Waals surface area contributed by atoms with Crippen molar-refractivity contribution in [3.8, 4) is 28.6 Å². The number of hydrogen-bond acceptors (Lipinski definition) is 13. The quantitative estimate of drug-likeness (QED) is 0.0784. The first-order valence-corrected chi connectivity index (χ1v) is 14.6. The summed E-state index contributed by atoms with van der Waals surface area (Å²) in [7, 11) is 0. The Bertz CT molecular complexity index is 1650. The number of nitrogens with zero attached hydrogens (tertiary/aromatic N) is 6. The fourth-order valence-corrected chi connectivity index (χ4v) is 5.48. The Morgan fingerprint density at radius 3 is 2.55 bits per heavy atom. The van der Waals surface area contributed by atoms with Gasteiger partial charge < -0.3 is 18.8 Å². The summed E-state index contributed by atoms with van der Waals surface area (Å²) in [4.78, 5) is 43.5. The van der Waals surface area contributed by atoms with E-state index in [1.165, 1.54) is 0 Å². The van der Waals surface area contributed by atoms with Gasteiger partial charge in [0.05, 0.1) is 24.5 Å². The van der Waals surface area contributed by atoms with Crippen molar-refractivity contribution >= 4 is 35.0 Å². The Labute approximate surface area is 263 Å². The topological polar surface area (TPSA) is 176 Å². The third-order valence-electron chi connectivity index (χ3n) is 6.13. The maximum Gasteiger partial charge on any atom is 0.301 e. The van der Waals surface area contributed by atoms with Crippen molar-refractivity contribution in [1.82, 2.24) is 19.5 Å². The summed E-state index contributed by atoms with van der Waals surface area (Å²) in [5, 5.41) is 20.9. The molecule has 3 heterocycles. The van der Waals surface area contributed by atoms with Gasteiger partial charge in [-0.25, -0.2) is 9.97 Å². The molecule has 1 saturated heterocycles. The third-order valence-corrected chi connectivity index (χ3v) is 7.41. The number of rotatable bonds is 13. The molecule has 0 aliphatic carbocycles. The Hall–Kier alpha value is -4.22. The maximum absolute atomic E-state index is 11.2. The molecule has 4 aromatic rings. The second kappa shape index (κ2) is 13.6. The van der Waals surface area contributed by atoms with E-state index in [0.29, 0.717) is 32.7 Å². The summed E-state index contributed by atoms with van der Waals surface area (Å²) < 4.78 is 20.3. The van der Waals surface area contributed by atoms with E-state index in [2.05, 4.69) is 24.6 Å². The van der Waals surface area contributed by atoms with Crippen molar-refractivity contribution in [2.75, 3.05) is 19.0 Å². The van der Waals surface area contributed by atoms with Crippen LogP contribution in [0.2, 0.25) is 10.0 Å². The molecular formula is C26H22Cl2N6O9S. The van der Waals surface area contributed by atoms with Crippen LogP contribution < -0.4 is 14.4 Å². The van der Waals surface area contributed by atoms with Crippen LogP contribution in [0.4, 0.5) is 0 Å². The normalized spacial score (nSPS) is 17.8. The van der Waals surface area contributed by atoms with Gasteiger partial charge in [-0.3, -0.25) is 9.68 Å². The SMILES string of the molecule is CCSc1nc(O[N+](=O)[O-])c(O[N+](=O)[O-])c(-c2ccc(OCC3COC(Cn4ccnc4)(c4ccc(Cl)cc4Cl)O3)cc2)n1. The van der Waals surface area contributed by atoms with Gasteiger partial charge in [0, 0.05) is 28.5 Å². The summed E-state index contributed by atoms with van der Waals surface area (Å²) in [6.07, 6.45) is 4.58. The molecule has 2 aromatic heterocycles. The van der Waals surface area contributed by atoms with Gasteiger partial charge in [-0.15, -0.1) is 20.2 Å². The zero-order chi connectivity index (χ0) is 31.3. The average molecular weight is 665 g/mol. The Kier molecular flexibility index (Phi) is 9.65. The van der Waals surface area contributed by atoms with E-state index in [1.54, 1.807) is 61.2 Å². The van der Waals surface area contributed by atoms with Gasteiger partial charge in [0.15, 0.2) is 10.9 Å². The van der Waals surface area contributed by atoms with Crippen LogP contribution in [0.25, 0.3) is 11.3 Å². The molecule has 2 unspecified atom stereocenters. The largest absolute Gasteiger partial charge is 0.491 e. The van der Waals surface area contributed by atoms with Crippen molar-refractivity contribution in [2.45, 2.75) is 30.5 Å². The van der Waals surface area contributed by atoms with Gasteiger partial charge in [0.1, 0.15) is 24.2 Å². The fourth-order valence-electron chi connectivity index (χ4n) is 4.36. The standard InChI is InChI=1S/C26H22Cl2N6O9S/c1-2-44-25-30-22(23(42-33(35)36)24(31-25)43-34(37)38)16-3-6-18(7-4-16)39-12-19-13-40-26(41-19,14-32-10-9-29-15-32)20-8-5-17(27)11-21(20)28/h3-11,15,19H,2,12-14H2,1H3. The molecular weight excluding hydrogens is 643 g/mol. The molecule has 2 aromatic carbocycles. The van der Waals surface area contributed by atoms with Gasteiger partial charge in [0.25, 0.3) is 5.09 Å². The molecule has 44 heavy (non-hydrogen) atoms. The third kappa shape index (κ3) is 7.28. The summed E-state index contributed by atoms with van der Waals surface area (Å²) >= 11 is 13.8. The molecule has 230 valence electrons. The molecule has 5 rings (SSSR count). The van der Waals surface area contributed by atoms with Crippen molar-refractivity contribution in [3.63, 3.8) is 0 Å². The highest BCUT2D eigenvalue weighted by Gasteiger charge is 2.45.